The van der Waals surface area contributed by atoms with Crippen molar-refractivity contribution in [3.63, 3.8) is 0 Å². The molecule has 2 aromatic rings. The summed E-state index contributed by atoms with van der Waals surface area (Å²) in [5.41, 5.74) is 1.14. The maximum Gasteiger partial charge on any atom is 0.516 e. The van der Waals surface area contributed by atoms with Crippen LogP contribution in [0.4, 0.5) is 5.82 Å². The SMILES string of the molecule is CC1(C)OB(c2cnc(NCc3ccccc3)cn2)OC1(C)C. The van der Waals surface area contributed by atoms with Crippen molar-refractivity contribution in [2.75, 3.05) is 5.32 Å². The van der Waals surface area contributed by atoms with Crippen LogP contribution in [0.2, 0.25) is 0 Å². The molecule has 1 aliphatic heterocycles. The van der Waals surface area contributed by atoms with Crippen molar-refractivity contribution < 1.29 is 9.31 Å². The third-order valence-electron chi connectivity index (χ3n) is 4.48. The van der Waals surface area contributed by atoms with Crippen molar-refractivity contribution in [3.8, 4) is 0 Å². The summed E-state index contributed by atoms with van der Waals surface area (Å²) in [6.07, 6.45) is 3.42. The van der Waals surface area contributed by atoms with Gasteiger partial charge in [-0.15, -0.1) is 0 Å². The molecule has 23 heavy (non-hydrogen) atoms. The molecule has 120 valence electrons. The van der Waals surface area contributed by atoms with Crippen LogP contribution in [0.1, 0.15) is 33.3 Å². The summed E-state index contributed by atoms with van der Waals surface area (Å²) in [6, 6.07) is 10.2. The lowest BCUT2D eigenvalue weighted by Crippen LogP contribution is -2.41. The van der Waals surface area contributed by atoms with Gasteiger partial charge in [-0.25, -0.2) is 4.98 Å². The molecule has 0 atom stereocenters. The Bertz CT molecular complexity index is 643. The number of hydrogen-bond donors (Lipinski definition) is 1. The molecule has 0 unspecified atom stereocenters. The highest BCUT2D eigenvalue weighted by Crippen LogP contribution is 2.36. The number of nitrogens with zero attached hydrogens (tertiary/aromatic N) is 2. The molecule has 1 aromatic carbocycles. The van der Waals surface area contributed by atoms with Gasteiger partial charge in [0, 0.05) is 12.7 Å². The van der Waals surface area contributed by atoms with Gasteiger partial charge in [0.1, 0.15) is 5.82 Å². The summed E-state index contributed by atoms with van der Waals surface area (Å²) in [6.45, 7) is 8.81. The van der Waals surface area contributed by atoms with Crippen LogP contribution in [0.15, 0.2) is 42.7 Å². The first-order valence-electron chi connectivity index (χ1n) is 7.83. The van der Waals surface area contributed by atoms with Gasteiger partial charge in [-0.1, -0.05) is 30.3 Å². The minimum atomic E-state index is -0.476. The molecule has 5 nitrogen and oxygen atoms in total. The van der Waals surface area contributed by atoms with Crippen LogP contribution in [-0.4, -0.2) is 28.3 Å². The Morgan fingerprint density at radius 1 is 0.957 bits per heavy atom. The molecule has 3 rings (SSSR count). The summed E-state index contributed by atoms with van der Waals surface area (Å²) in [5.74, 6) is 0.731. The van der Waals surface area contributed by atoms with E-state index in [4.69, 9.17) is 9.31 Å². The van der Waals surface area contributed by atoms with Gasteiger partial charge in [0.25, 0.3) is 0 Å². The fourth-order valence-electron chi connectivity index (χ4n) is 2.30. The fourth-order valence-corrected chi connectivity index (χ4v) is 2.30. The van der Waals surface area contributed by atoms with Gasteiger partial charge < -0.3 is 14.6 Å². The predicted molar refractivity (Wildman–Crippen MR) is 91.5 cm³/mol. The Balaban J connectivity index is 1.64. The third kappa shape index (κ3) is 3.38. The second kappa shape index (κ2) is 5.94. The highest BCUT2D eigenvalue weighted by Gasteiger charge is 2.52. The van der Waals surface area contributed by atoms with E-state index >= 15 is 0 Å². The fraction of sp³-hybridized carbons (Fsp3) is 0.412. The van der Waals surface area contributed by atoms with Crippen molar-refractivity contribution in [1.82, 2.24) is 9.97 Å². The number of aromatic nitrogens is 2. The van der Waals surface area contributed by atoms with Crippen LogP contribution in [0.25, 0.3) is 0 Å². The summed E-state index contributed by atoms with van der Waals surface area (Å²) >= 11 is 0. The molecule has 0 saturated carbocycles. The molecule has 1 N–H and O–H groups in total. The first kappa shape index (κ1) is 16.0. The molecule has 6 heteroatoms. The minimum absolute atomic E-state index is 0.371. The average molecular weight is 311 g/mol. The van der Waals surface area contributed by atoms with E-state index in [-0.39, 0.29) is 11.2 Å². The summed E-state index contributed by atoms with van der Waals surface area (Å²) in [7, 11) is -0.476. The largest absolute Gasteiger partial charge is 0.516 e. The molecule has 1 fully saturated rings. The maximum absolute atomic E-state index is 5.97. The molecule has 1 aromatic heterocycles. The highest BCUT2D eigenvalue weighted by molar-refractivity contribution is 6.61. The lowest BCUT2D eigenvalue weighted by atomic mass is 9.85. The number of rotatable bonds is 4. The van der Waals surface area contributed by atoms with Gasteiger partial charge in [0.2, 0.25) is 0 Å². The third-order valence-corrected chi connectivity index (χ3v) is 4.48. The quantitative estimate of drug-likeness (QED) is 0.879. The van der Waals surface area contributed by atoms with Crippen LogP contribution in [-0.2, 0) is 15.9 Å². The lowest BCUT2D eigenvalue weighted by molar-refractivity contribution is 0.00578. The monoisotopic (exact) mass is 311 g/mol. The zero-order valence-electron chi connectivity index (χ0n) is 14.0. The van der Waals surface area contributed by atoms with E-state index < -0.39 is 7.12 Å². The van der Waals surface area contributed by atoms with Crippen LogP contribution >= 0.6 is 0 Å². The Morgan fingerprint density at radius 2 is 1.61 bits per heavy atom. The van der Waals surface area contributed by atoms with Gasteiger partial charge in [-0.3, -0.25) is 4.98 Å². The molecule has 0 aliphatic carbocycles. The number of benzene rings is 1. The van der Waals surface area contributed by atoms with Crippen molar-refractivity contribution >= 4 is 18.5 Å². The Hall–Kier alpha value is -1.92. The average Bonchev–Trinajstić information content (AvgIpc) is 2.75. The van der Waals surface area contributed by atoms with Gasteiger partial charge in [-0.2, -0.15) is 0 Å². The topological polar surface area (TPSA) is 56.3 Å². The molecule has 0 bridgehead atoms. The van der Waals surface area contributed by atoms with Crippen molar-refractivity contribution in [3.05, 3.63) is 48.3 Å². The molecule has 1 saturated heterocycles. The lowest BCUT2D eigenvalue weighted by Gasteiger charge is -2.32. The number of nitrogens with one attached hydrogen (secondary N) is 1. The minimum Gasteiger partial charge on any atom is -0.398 e. The van der Waals surface area contributed by atoms with Gasteiger partial charge in [-0.05, 0) is 33.3 Å². The van der Waals surface area contributed by atoms with E-state index in [9.17, 15) is 0 Å². The van der Waals surface area contributed by atoms with E-state index in [0.717, 1.165) is 5.82 Å². The molecule has 0 amide bonds. The number of anilines is 1. The van der Waals surface area contributed by atoms with Crippen molar-refractivity contribution in [2.45, 2.75) is 45.4 Å². The van der Waals surface area contributed by atoms with Crippen LogP contribution in [0.3, 0.4) is 0 Å². The first-order valence-corrected chi connectivity index (χ1v) is 7.83. The van der Waals surface area contributed by atoms with Gasteiger partial charge >= 0.3 is 7.12 Å². The Labute approximate surface area is 137 Å². The van der Waals surface area contributed by atoms with E-state index in [0.29, 0.717) is 12.1 Å². The number of hydrogen-bond acceptors (Lipinski definition) is 5. The maximum atomic E-state index is 5.97. The van der Waals surface area contributed by atoms with Gasteiger partial charge in [0.15, 0.2) is 0 Å². The van der Waals surface area contributed by atoms with Gasteiger partial charge in [0.05, 0.1) is 23.0 Å². The van der Waals surface area contributed by atoms with Crippen LogP contribution < -0.4 is 10.9 Å². The van der Waals surface area contributed by atoms with E-state index in [1.165, 1.54) is 5.56 Å². The Morgan fingerprint density at radius 3 is 2.17 bits per heavy atom. The smallest absolute Gasteiger partial charge is 0.398 e. The zero-order valence-corrected chi connectivity index (χ0v) is 14.0. The molecule has 1 aliphatic rings. The summed E-state index contributed by atoms with van der Waals surface area (Å²) in [5, 5.41) is 3.26. The van der Waals surface area contributed by atoms with Crippen molar-refractivity contribution in [2.24, 2.45) is 0 Å². The normalized spacial score (nSPS) is 18.9. The zero-order chi connectivity index (χ0) is 16.5. The standard InChI is InChI=1S/C17H22BN3O2/c1-16(2)17(3,4)23-18(22-16)14-11-21-15(12-19-14)20-10-13-8-6-5-7-9-13/h5-9,11-12H,10H2,1-4H3,(H,20,21). The van der Waals surface area contributed by atoms with E-state index in [2.05, 4.69) is 27.4 Å². The molecule has 2 heterocycles. The highest BCUT2D eigenvalue weighted by atomic mass is 16.7. The molecular weight excluding hydrogens is 289 g/mol. The Kier molecular flexibility index (Phi) is 4.12. The van der Waals surface area contributed by atoms with Crippen LogP contribution in [0, 0.1) is 0 Å². The molecule has 0 spiro atoms. The summed E-state index contributed by atoms with van der Waals surface area (Å²) < 4.78 is 11.9. The van der Waals surface area contributed by atoms with Crippen LogP contribution in [0.5, 0.6) is 0 Å². The summed E-state index contributed by atoms with van der Waals surface area (Å²) in [4.78, 5) is 8.83. The molecular formula is C17H22BN3O2. The second-order valence-electron chi connectivity index (χ2n) is 6.75. The van der Waals surface area contributed by atoms with E-state index in [1.807, 2.05) is 45.9 Å². The predicted octanol–water partition coefficient (Wildman–Crippen LogP) is 2.39. The second-order valence-corrected chi connectivity index (χ2v) is 6.75. The molecule has 0 radical (unpaired) electrons. The van der Waals surface area contributed by atoms with Crippen molar-refractivity contribution in [1.29, 1.82) is 0 Å². The first-order chi connectivity index (χ1) is 10.9. The van der Waals surface area contributed by atoms with E-state index in [1.54, 1.807) is 12.4 Å².